The van der Waals surface area contributed by atoms with E-state index < -0.39 is 9.85 Å². The van der Waals surface area contributed by atoms with Gasteiger partial charge in [-0.25, -0.2) is 9.97 Å². The SMILES string of the molecule is O=[N+]([O-])c1ccc(Oc2cnc3nc(-c4cccc([N+](=O)[O-])c4)[nH]c3c2)cc1. The molecule has 10 nitrogen and oxygen atoms in total. The molecule has 2 aromatic carbocycles. The van der Waals surface area contributed by atoms with Crippen molar-refractivity contribution in [1.29, 1.82) is 0 Å². The van der Waals surface area contributed by atoms with Crippen LogP contribution < -0.4 is 4.74 Å². The Kier molecular flexibility index (Phi) is 4.13. The number of non-ortho nitro benzene ring substituents is 2. The summed E-state index contributed by atoms with van der Waals surface area (Å²) in [6.45, 7) is 0. The number of nitro groups is 2. The van der Waals surface area contributed by atoms with Crippen molar-refractivity contribution in [2.24, 2.45) is 0 Å². The van der Waals surface area contributed by atoms with E-state index in [0.29, 0.717) is 34.1 Å². The maximum absolute atomic E-state index is 10.9. The van der Waals surface area contributed by atoms with Gasteiger partial charge in [0.05, 0.1) is 21.6 Å². The number of ether oxygens (including phenoxy) is 1. The van der Waals surface area contributed by atoms with Gasteiger partial charge in [0.1, 0.15) is 17.3 Å². The second-order valence-electron chi connectivity index (χ2n) is 5.79. The molecule has 0 spiro atoms. The molecular weight excluding hydrogens is 366 g/mol. The quantitative estimate of drug-likeness (QED) is 0.405. The van der Waals surface area contributed by atoms with Crippen LogP contribution in [0.5, 0.6) is 11.5 Å². The molecule has 0 fully saturated rings. The summed E-state index contributed by atoms with van der Waals surface area (Å²) in [4.78, 5) is 32.3. The molecule has 1 N–H and O–H groups in total. The molecule has 0 aliphatic carbocycles. The van der Waals surface area contributed by atoms with Crippen molar-refractivity contribution in [2.75, 3.05) is 0 Å². The molecule has 0 unspecified atom stereocenters. The summed E-state index contributed by atoms with van der Waals surface area (Å²) in [7, 11) is 0. The fourth-order valence-corrected chi connectivity index (χ4v) is 2.61. The molecule has 10 heteroatoms. The molecule has 0 amide bonds. The van der Waals surface area contributed by atoms with Crippen LogP contribution in [0.1, 0.15) is 0 Å². The van der Waals surface area contributed by atoms with Gasteiger partial charge in [-0.3, -0.25) is 20.2 Å². The molecular formula is C18H11N5O5. The van der Waals surface area contributed by atoms with Gasteiger partial charge in [0.25, 0.3) is 11.4 Å². The van der Waals surface area contributed by atoms with Gasteiger partial charge >= 0.3 is 0 Å². The number of nitrogens with zero attached hydrogens (tertiary/aromatic N) is 4. The van der Waals surface area contributed by atoms with Crippen LogP contribution in [-0.2, 0) is 0 Å². The van der Waals surface area contributed by atoms with Gasteiger partial charge in [-0.2, -0.15) is 0 Å². The Labute approximate surface area is 156 Å². The molecule has 0 aliphatic heterocycles. The van der Waals surface area contributed by atoms with Crippen molar-refractivity contribution in [1.82, 2.24) is 15.0 Å². The highest BCUT2D eigenvalue weighted by atomic mass is 16.6. The van der Waals surface area contributed by atoms with Gasteiger partial charge < -0.3 is 9.72 Å². The van der Waals surface area contributed by atoms with E-state index in [9.17, 15) is 20.2 Å². The van der Waals surface area contributed by atoms with Gasteiger partial charge in [0, 0.05) is 35.9 Å². The van der Waals surface area contributed by atoms with Crippen LogP contribution in [0, 0.1) is 20.2 Å². The molecule has 0 aliphatic rings. The van der Waals surface area contributed by atoms with E-state index in [1.807, 2.05) is 0 Å². The minimum atomic E-state index is -0.489. The molecule has 4 rings (SSSR count). The van der Waals surface area contributed by atoms with Crippen LogP contribution >= 0.6 is 0 Å². The van der Waals surface area contributed by atoms with Crippen molar-refractivity contribution in [3.63, 3.8) is 0 Å². The highest BCUT2D eigenvalue weighted by Crippen LogP contribution is 2.27. The van der Waals surface area contributed by atoms with Crippen LogP contribution in [-0.4, -0.2) is 24.8 Å². The van der Waals surface area contributed by atoms with Crippen molar-refractivity contribution >= 4 is 22.5 Å². The second-order valence-corrected chi connectivity index (χ2v) is 5.79. The van der Waals surface area contributed by atoms with Crippen molar-refractivity contribution in [3.05, 3.63) is 81.0 Å². The first kappa shape index (κ1) is 17.1. The summed E-state index contributed by atoms with van der Waals surface area (Å²) < 4.78 is 5.66. The summed E-state index contributed by atoms with van der Waals surface area (Å²) in [6, 6.07) is 13.5. The van der Waals surface area contributed by atoms with Gasteiger partial charge in [-0.15, -0.1) is 0 Å². The first-order chi connectivity index (χ1) is 13.5. The molecule has 0 radical (unpaired) electrons. The number of nitrogens with one attached hydrogen (secondary N) is 1. The monoisotopic (exact) mass is 377 g/mol. The molecule has 2 aromatic heterocycles. The summed E-state index contributed by atoms with van der Waals surface area (Å²) in [6.07, 6.45) is 1.47. The van der Waals surface area contributed by atoms with Gasteiger partial charge in [-0.05, 0) is 12.1 Å². The van der Waals surface area contributed by atoms with Gasteiger partial charge in [-0.1, -0.05) is 12.1 Å². The molecule has 0 saturated heterocycles. The zero-order valence-electron chi connectivity index (χ0n) is 14.1. The van der Waals surface area contributed by atoms with E-state index >= 15 is 0 Å². The predicted molar refractivity (Wildman–Crippen MR) is 99.1 cm³/mol. The minimum absolute atomic E-state index is 0.0314. The van der Waals surface area contributed by atoms with Crippen LogP contribution in [0.2, 0.25) is 0 Å². The molecule has 0 atom stereocenters. The van der Waals surface area contributed by atoms with Crippen LogP contribution in [0.25, 0.3) is 22.6 Å². The fourth-order valence-electron chi connectivity index (χ4n) is 2.61. The third-order valence-corrected chi connectivity index (χ3v) is 3.93. The van der Waals surface area contributed by atoms with Crippen molar-refractivity contribution in [2.45, 2.75) is 0 Å². The number of nitro benzene ring substituents is 2. The van der Waals surface area contributed by atoms with Crippen LogP contribution in [0.3, 0.4) is 0 Å². The molecule has 4 aromatic rings. The average molecular weight is 377 g/mol. The Morgan fingerprint density at radius 2 is 1.64 bits per heavy atom. The van der Waals surface area contributed by atoms with E-state index in [2.05, 4.69) is 15.0 Å². The number of hydrogen-bond donors (Lipinski definition) is 1. The summed E-state index contributed by atoms with van der Waals surface area (Å²) in [5.74, 6) is 1.28. The van der Waals surface area contributed by atoms with Gasteiger partial charge in [0.15, 0.2) is 5.65 Å². The lowest BCUT2D eigenvalue weighted by Gasteiger charge is -2.04. The van der Waals surface area contributed by atoms with Crippen LogP contribution in [0.15, 0.2) is 60.8 Å². The lowest BCUT2D eigenvalue weighted by molar-refractivity contribution is -0.385. The number of aromatic nitrogens is 3. The van der Waals surface area contributed by atoms with E-state index in [-0.39, 0.29) is 11.4 Å². The standard InChI is InChI=1S/C18H11N5O5/c24-22(25)12-4-6-14(7-5-12)28-15-9-16-18(19-10-15)21-17(20-16)11-2-1-3-13(8-11)23(26)27/h1-10H,(H,19,20,21). The topological polar surface area (TPSA) is 137 Å². The summed E-state index contributed by atoms with van der Waals surface area (Å²) >= 11 is 0. The Balaban J connectivity index is 1.62. The zero-order chi connectivity index (χ0) is 19.7. The largest absolute Gasteiger partial charge is 0.456 e. The smallest absolute Gasteiger partial charge is 0.270 e. The molecule has 138 valence electrons. The molecule has 2 heterocycles. The molecule has 0 saturated carbocycles. The zero-order valence-corrected chi connectivity index (χ0v) is 14.1. The number of hydrogen-bond acceptors (Lipinski definition) is 7. The van der Waals surface area contributed by atoms with E-state index in [1.54, 1.807) is 18.2 Å². The summed E-state index contributed by atoms with van der Waals surface area (Å²) in [5, 5.41) is 21.6. The Bertz CT molecular complexity index is 1200. The maximum Gasteiger partial charge on any atom is 0.270 e. The number of H-pyrrole nitrogens is 1. The predicted octanol–water partition coefficient (Wildman–Crippen LogP) is 4.23. The van der Waals surface area contributed by atoms with E-state index in [0.717, 1.165) is 0 Å². The lowest BCUT2D eigenvalue weighted by Crippen LogP contribution is -1.89. The van der Waals surface area contributed by atoms with Crippen molar-refractivity contribution < 1.29 is 14.6 Å². The summed E-state index contributed by atoms with van der Waals surface area (Å²) in [5.41, 5.74) is 1.51. The average Bonchev–Trinajstić information content (AvgIpc) is 3.12. The highest BCUT2D eigenvalue weighted by molar-refractivity contribution is 5.77. The van der Waals surface area contributed by atoms with Gasteiger partial charge in [0.2, 0.25) is 0 Å². The highest BCUT2D eigenvalue weighted by Gasteiger charge is 2.12. The Morgan fingerprint density at radius 1 is 0.893 bits per heavy atom. The lowest BCUT2D eigenvalue weighted by atomic mass is 10.2. The number of fused-ring (bicyclic) bond motifs is 1. The Hall–Kier alpha value is -4.34. The fraction of sp³-hybridized carbons (Fsp3) is 0. The molecule has 28 heavy (non-hydrogen) atoms. The number of rotatable bonds is 5. The first-order valence-corrected chi connectivity index (χ1v) is 8.02. The molecule has 0 bridgehead atoms. The first-order valence-electron chi connectivity index (χ1n) is 8.02. The normalized spacial score (nSPS) is 10.7. The Morgan fingerprint density at radius 3 is 2.36 bits per heavy atom. The second kappa shape index (κ2) is 6.76. The van der Waals surface area contributed by atoms with Crippen molar-refractivity contribution in [3.8, 4) is 22.9 Å². The third kappa shape index (κ3) is 3.33. The number of imidazole rings is 1. The van der Waals surface area contributed by atoms with Crippen LogP contribution in [0.4, 0.5) is 11.4 Å². The third-order valence-electron chi connectivity index (χ3n) is 3.93. The number of benzene rings is 2. The maximum atomic E-state index is 10.9. The van der Waals surface area contributed by atoms with E-state index in [4.69, 9.17) is 4.74 Å². The number of aromatic amines is 1. The number of pyridine rings is 1. The minimum Gasteiger partial charge on any atom is -0.456 e. The van der Waals surface area contributed by atoms with E-state index in [1.165, 1.54) is 42.6 Å².